The van der Waals surface area contributed by atoms with E-state index in [1.807, 2.05) is 0 Å². The normalized spacial score (nSPS) is 14.3. The van der Waals surface area contributed by atoms with E-state index in [-0.39, 0.29) is 6.54 Å². The van der Waals surface area contributed by atoms with Gasteiger partial charge in [0.05, 0.1) is 6.54 Å². The molecule has 0 aromatic carbocycles. The SMILES string of the molecule is CN(C)CC(=O)O.O=C(O)C(=O)O.OCC1CCNCC1. The van der Waals surface area contributed by atoms with Crippen molar-refractivity contribution in [1.29, 1.82) is 0 Å². The lowest BCUT2D eigenvalue weighted by Gasteiger charge is -2.19. The highest BCUT2D eigenvalue weighted by molar-refractivity contribution is 6.27. The Labute approximate surface area is 123 Å². The molecular formula is C12H24N2O7. The molecule has 1 aliphatic heterocycles. The van der Waals surface area contributed by atoms with Gasteiger partial charge >= 0.3 is 17.9 Å². The van der Waals surface area contributed by atoms with Crippen LogP contribution in [-0.2, 0) is 14.4 Å². The number of nitrogens with zero attached hydrogens (tertiary/aromatic N) is 1. The molecular weight excluding hydrogens is 284 g/mol. The summed E-state index contributed by atoms with van der Waals surface area (Å²) < 4.78 is 0. The molecule has 0 aliphatic carbocycles. The highest BCUT2D eigenvalue weighted by Gasteiger charge is 2.10. The third kappa shape index (κ3) is 18.3. The third-order valence-corrected chi connectivity index (χ3v) is 2.35. The lowest BCUT2D eigenvalue weighted by molar-refractivity contribution is -0.159. The zero-order chi connectivity index (χ0) is 16.8. The molecule has 0 aromatic rings. The Morgan fingerprint density at radius 1 is 1.05 bits per heavy atom. The first-order valence-corrected chi connectivity index (χ1v) is 6.35. The maximum absolute atomic E-state index is 9.77. The maximum atomic E-state index is 9.77. The number of aliphatic hydroxyl groups excluding tert-OH is 1. The molecule has 1 aliphatic rings. The largest absolute Gasteiger partial charge is 0.480 e. The van der Waals surface area contributed by atoms with E-state index in [2.05, 4.69) is 5.32 Å². The van der Waals surface area contributed by atoms with E-state index in [0.29, 0.717) is 12.5 Å². The van der Waals surface area contributed by atoms with Gasteiger partial charge in [-0.15, -0.1) is 0 Å². The molecule has 1 fully saturated rings. The Balaban J connectivity index is 0. The second-order valence-electron chi connectivity index (χ2n) is 4.62. The fourth-order valence-electron chi connectivity index (χ4n) is 1.33. The summed E-state index contributed by atoms with van der Waals surface area (Å²) in [4.78, 5) is 29.6. The van der Waals surface area contributed by atoms with Crippen molar-refractivity contribution in [3.8, 4) is 0 Å². The standard InChI is InChI=1S/C6H13NO.C4H9NO2.C2H2O4/c8-5-6-1-3-7-4-2-6;1-5(2)3-4(6)7;3-1(4)2(5)6/h6-8H,1-5H2;3H2,1-2H3,(H,6,7);(H,3,4)(H,5,6). The fourth-order valence-corrected chi connectivity index (χ4v) is 1.33. The molecule has 21 heavy (non-hydrogen) atoms. The van der Waals surface area contributed by atoms with Crippen molar-refractivity contribution in [2.75, 3.05) is 40.3 Å². The van der Waals surface area contributed by atoms with E-state index in [0.717, 1.165) is 25.9 Å². The van der Waals surface area contributed by atoms with Gasteiger partial charge in [0.15, 0.2) is 0 Å². The van der Waals surface area contributed by atoms with Gasteiger partial charge in [0.2, 0.25) is 0 Å². The van der Waals surface area contributed by atoms with Crippen LogP contribution >= 0.6 is 0 Å². The molecule has 1 heterocycles. The van der Waals surface area contributed by atoms with Gasteiger partial charge in [-0.25, -0.2) is 9.59 Å². The van der Waals surface area contributed by atoms with Crippen molar-refractivity contribution in [2.45, 2.75) is 12.8 Å². The molecule has 0 unspecified atom stereocenters. The van der Waals surface area contributed by atoms with Gasteiger partial charge in [-0.2, -0.15) is 0 Å². The first-order valence-electron chi connectivity index (χ1n) is 6.35. The van der Waals surface area contributed by atoms with Crippen LogP contribution in [0.25, 0.3) is 0 Å². The minimum absolute atomic E-state index is 0.111. The predicted molar refractivity (Wildman–Crippen MR) is 74.1 cm³/mol. The van der Waals surface area contributed by atoms with Crippen LogP contribution in [0.2, 0.25) is 0 Å². The third-order valence-electron chi connectivity index (χ3n) is 2.35. The lowest BCUT2D eigenvalue weighted by Crippen LogP contribution is -2.29. The number of carboxylic acids is 3. The molecule has 0 aromatic heterocycles. The molecule has 0 radical (unpaired) electrons. The van der Waals surface area contributed by atoms with Crippen LogP contribution in [-0.4, -0.2) is 83.6 Å². The lowest BCUT2D eigenvalue weighted by atomic mass is 10.00. The second kappa shape index (κ2) is 13.3. The van der Waals surface area contributed by atoms with Crippen molar-refractivity contribution in [3.05, 3.63) is 0 Å². The molecule has 5 N–H and O–H groups in total. The summed E-state index contributed by atoms with van der Waals surface area (Å²) >= 11 is 0. The Hall–Kier alpha value is -1.71. The number of hydrogen-bond acceptors (Lipinski definition) is 6. The van der Waals surface area contributed by atoms with Gasteiger partial charge in [-0.05, 0) is 45.9 Å². The van der Waals surface area contributed by atoms with Crippen molar-refractivity contribution < 1.29 is 34.8 Å². The molecule has 0 bridgehead atoms. The van der Waals surface area contributed by atoms with E-state index >= 15 is 0 Å². The predicted octanol–water partition coefficient (Wildman–Crippen LogP) is -1.23. The fraction of sp³-hybridized carbons (Fsp3) is 0.750. The molecule has 0 amide bonds. The average molecular weight is 308 g/mol. The van der Waals surface area contributed by atoms with Crippen LogP contribution in [0.5, 0.6) is 0 Å². The second-order valence-corrected chi connectivity index (χ2v) is 4.62. The highest BCUT2D eigenvalue weighted by atomic mass is 16.4. The van der Waals surface area contributed by atoms with Crippen LogP contribution in [0.4, 0.5) is 0 Å². The van der Waals surface area contributed by atoms with Crippen LogP contribution in [0.3, 0.4) is 0 Å². The number of aliphatic hydroxyl groups is 1. The van der Waals surface area contributed by atoms with Gasteiger partial charge in [0.1, 0.15) is 0 Å². The summed E-state index contributed by atoms with van der Waals surface area (Å²) in [5.41, 5.74) is 0. The number of nitrogens with one attached hydrogen (secondary N) is 1. The van der Waals surface area contributed by atoms with Gasteiger partial charge in [0.25, 0.3) is 0 Å². The number of rotatable bonds is 3. The minimum Gasteiger partial charge on any atom is -0.480 e. The number of piperidine rings is 1. The molecule has 124 valence electrons. The number of likely N-dealkylation sites (N-methyl/N-ethyl adjacent to an activating group) is 1. The van der Waals surface area contributed by atoms with Crippen molar-refractivity contribution in [2.24, 2.45) is 5.92 Å². The van der Waals surface area contributed by atoms with Gasteiger partial charge in [-0.3, -0.25) is 9.69 Å². The monoisotopic (exact) mass is 308 g/mol. The Morgan fingerprint density at radius 2 is 1.48 bits per heavy atom. The number of carboxylic acid groups (broad SMARTS) is 3. The van der Waals surface area contributed by atoms with Crippen LogP contribution in [0.15, 0.2) is 0 Å². The van der Waals surface area contributed by atoms with E-state index in [9.17, 15) is 4.79 Å². The van der Waals surface area contributed by atoms with Gasteiger partial charge < -0.3 is 25.7 Å². The smallest absolute Gasteiger partial charge is 0.414 e. The van der Waals surface area contributed by atoms with Crippen molar-refractivity contribution >= 4 is 17.9 Å². The van der Waals surface area contributed by atoms with E-state index < -0.39 is 17.9 Å². The average Bonchev–Trinajstić information content (AvgIpc) is 2.39. The molecule has 0 atom stereocenters. The quantitative estimate of drug-likeness (QED) is 0.404. The Kier molecular flexibility index (Phi) is 13.7. The van der Waals surface area contributed by atoms with E-state index in [4.69, 9.17) is 30.0 Å². The summed E-state index contributed by atoms with van der Waals surface area (Å²) in [5, 5.41) is 34.7. The zero-order valence-corrected chi connectivity index (χ0v) is 12.3. The van der Waals surface area contributed by atoms with Gasteiger partial charge in [-0.1, -0.05) is 0 Å². The van der Waals surface area contributed by atoms with Crippen LogP contribution in [0.1, 0.15) is 12.8 Å². The molecule has 0 saturated carbocycles. The number of hydrogen-bond donors (Lipinski definition) is 5. The maximum Gasteiger partial charge on any atom is 0.414 e. The Bertz CT molecular complexity index is 303. The molecule has 1 rings (SSSR count). The topological polar surface area (TPSA) is 147 Å². The Morgan fingerprint density at radius 3 is 1.62 bits per heavy atom. The molecule has 1 saturated heterocycles. The first kappa shape index (κ1) is 21.6. The van der Waals surface area contributed by atoms with Crippen LogP contribution < -0.4 is 5.32 Å². The zero-order valence-electron chi connectivity index (χ0n) is 12.3. The van der Waals surface area contributed by atoms with E-state index in [1.54, 1.807) is 19.0 Å². The van der Waals surface area contributed by atoms with Crippen LogP contribution in [0, 0.1) is 5.92 Å². The summed E-state index contributed by atoms with van der Waals surface area (Å²) in [5.74, 6) is -3.86. The summed E-state index contributed by atoms with van der Waals surface area (Å²) in [6.45, 7) is 2.66. The van der Waals surface area contributed by atoms with E-state index in [1.165, 1.54) is 0 Å². The highest BCUT2D eigenvalue weighted by Crippen LogP contribution is 2.08. The minimum atomic E-state index is -1.82. The summed E-state index contributed by atoms with van der Waals surface area (Å²) in [6, 6.07) is 0. The summed E-state index contributed by atoms with van der Waals surface area (Å²) in [6.07, 6.45) is 2.30. The number of carbonyl (C=O) groups is 3. The first-order chi connectivity index (χ1) is 9.70. The molecule has 9 nitrogen and oxygen atoms in total. The van der Waals surface area contributed by atoms with Crippen molar-refractivity contribution in [1.82, 2.24) is 10.2 Å². The molecule has 0 spiro atoms. The number of aliphatic carboxylic acids is 3. The summed E-state index contributed by atoms with van der Waals surface area (Å²) in [7, 11) is 3.43. The van der Waals surface area contributed by atoms with Crippen molar-refractivity contribution in [3.63, 3.8) is 0 Å². The molecule has 9 heteroatoms. The van der Waals surface area contributed by atoms with Gasteiger partial charge in [0, 0.05) is 6.61 Å².